The molecule has 0 N–H and O–H groups in total. The van der Waals surface area contributed by atoms with Crippen LogP contribution in [0.25, 0.3) is 0 Å². The minimum atomic E-state index is -1.36. The number of nitrogens with zero attached hydrogens (tertiary/aromatic N) is 1. The van der Waals surface area contributed by atoms with Gasteiger partial charge in [0.1, 0.15) is 4.75 Å². The Balaban J connectivity index is 3.28. The largest absolute Gasteiger partial charge is 0.592 e. The molecule has 0 amide bonds. The van der Waals surface area contributed by atoms with Crippen molar-refractivity contribution in [3.63, 3.8) is 0 Å². The summed E-state index contributed by atoms with van der Waals surface area (Å²) in [5.74, 6) is -0.432. The van der Waals surface area contributed by atoms with E-state index < -0.39 is 22.1 Å². The first-order valence-corrected chi connectivity index (χ1v) is 7.90. The van der Waals surface area contributed by atoms with Crippen LogP contribution in [0.15, 0.2) is 35.7 Å². The van der Waals surface area contributed by atoms with E-state index in [0.29, 0.717) is 18.7 Å². The summed E-state index contributed by atoms with van der Waals surface area (Å²) in [5, 5.41) is 0. The Morgan fingerprint density at radius 1 is 1.35 bits per heavy atom. The third-order valence-corrected chi connectivity index (χ3v) is 4.42. The van der Waals surface area contributed by atoms with Crippen LogP contribution in [-0.2, 0) is 20.9 Å². The van der Waals surface area contributed by atoms with Crippen LogP contribution in [0.3, 0.4) is 0 Å². The highest BCUT2D eigenvalue weighted by Crippen LogP contribution is 2.29. The fraction of sp³-hybridized carbons (Fsp3) is 0.533. The van der Waals surface area contributed by atoms with E-state index in [1.807, 2.05) is 39.8 Å². The first-order valence-electron chi connectivity index (χ1n) is 6.79. The van der Waals surface area contributed by atoms with E-state index in [2.05, 4.69) is 0 Å². The number of carbonyl (C=O) groups is 1. The van der Waals surface area contributed by atoms with Crippen molar-refractivity contribution in [2.45, 2.75) is 45.8 Å². The molecule has 1 rings (SSSR count). The zero-order chi connectivity index (χ0) is 15.3. The van der Waals surface area contributed by atoms with Gasteiger partial charge in [-0.25, -0.2) is 4.79 Å². The lowest BCUT2D eigenvalue weighted by atomic mass is 10.1. The SMILES string of the molecule is CCOC(=O)C1=C(CC)C=CC=CN1[S+]([O-])C(C)(C)C. The molecule has 0 fully saturated rings. The van der Waals surface area contributed by atoms with Gasteiger partial charge in [-0.1, -0.05) is 19.1 Å². The highest BCUT2D eigenvalue weighted by atomic mass is 32.2. The number of ether oxygens (including phenoxy) is 1. The van der Waals surface area contributed by atoms with E-state index in [-0.39, 0.29) is 0 Å². The molecule has 0 aromatic carbocycles. The Bertz CT molecular complexity index is 447. The number of rotatable bonds is 4. The van der Waals surface area contributed by atoms with Crippen LogP contribution in [0.4, 0.5) is 0 Å². The minimum absolute atomic E-state index is 0.294. The van der Waals surface area contributed by atoms with Crippen molar-refractivity contribution in [1.82, 2.24) is 4.31 Å². The van der Waals surface area contributed by atoms with E-state index in [9.17, 15) is 9.35 Å². The van der Waals surface area contributed by atoms with Gasteiger partial charge in [0.15, 0.2) is 5.70 Å². The van der Waals surface area contributed by atoms with Gasteiger partial charge >= 0.3 is 5.97 Å². The number of allylic oxidation sites excluding steroid dienone is 4. The van der Waals surface area contributed by atoms with Crippen LogP contribution < -0.4 is 0 Å². The predicted molar refractivity (Wildman–Crippen MR) is 82.0 cm³/mol. The number of carbonyl (C=O) groups excluding carboxylic acids is 1. The quantitative estimate of drug-likeness (QED) is 0.591. The number of hydrogen-bond donors (Lipinski definition) is 0. The molecule has 1 aliphatic rings. The van der Waals surface area contributed by atoms with Crippen molar-refractivity contribution in [2.75, 3.05) is 6.61 Å². The molecule has 0 aromatic heterocycles. The summed E-state index contributed by atoms with van der Waals surface area (Å²) in [6.45, 7) is 9.65. The Morgan fingerprint density at radius 3 is 2.50 bits per heavy atom. The summed E-state index contributed by atoms with van der Waals surface area (Å²) in [7, 11) is 0. The maximum Gasteiger partial charge on any atom is 0.359 e. The second-order valence-corrected chi connectivity index (χ2v) is 7.45. The number of esters is 1. The van der Waals surface area contributed by atoms with E-state index in [1.54, 1.807) is 19.2 Å². The summed E-state index contributed by atoms with van der Waals surface area (Å²) >= 11 is -1.36. The topological polar surface area (TPSA) is 52.6 Å². The van der Waals surface area contributed by atoms with Crippen molar-refractivity contribution >= 4 is 17.3 Å². The fourth-order valence-corrected chi connectivity index (χ4v) is 2.86. The van der Waals surface area contributed by atoms with Gasteiger partial charge in [0.2, 0.25) is 0 Å². The Morgan fingerprint density at radius 2 is 2.00 bits per heavy atom. The molecule has 0 aromatic rings. The summed E-state index contributed by atoms with van der Waals surface area (Å²) < 4.78 is 18.8. The monoisotopic (exact) mass is 297 g/mol. The van der Waals surface area contributed by atoms with E-state index >= 15 is 0 Å². The maximum atomic E-state index is 12.7. The molecule has 0 aliphatic carbocycles. The van der Waals surface area contributed by atoms with Gasteiger partial charge < -0.3 is 9.29 Å². The second-order valence-electron chi connectivity index (χ2n) is 5.34. The minimum Gasteiger partial charge on any atom is -0.592 e. The molecule has 5 heteroatoms. The van der Waals surface area contributed by atoms with Gasteiger partial charge in [-0.3, -0.25) is 0 Å². The molecule has 1 atom stereocenters. The zero-order valence-electron chi connectivity index (χ0n) is 12.8. The smallest absolute Gasteiger partial charge is 0.359 e. The van der Waals surface area contributed by atoms with Gasteiger partial charge in [-0.2, -0.15) is 4.31 Å². The highest BCUT2D eigenvalue weighted by molar-refractivity contribution is 7.90. The van der Waals surface area contributed by atoms with Gasteiger partial charge in [0.25, 0.3) is 0 Å². The fourth-order valence-electron chi connectivity index (χ4n) is 1.73. The van der Waals surface area contributed by atoms with E-state index in [0.717, 1.165) is 5.57 Å². The predicted octanol–water partition coefficient (Wildman–Crippen LogP) is 3.06. The molecule has 1 heterocycles. The van der Waals surface area contributed by atoms with E-state index in [4.69, 9.17) is 4.74 Å². The van der Waals surface area contributed by atoms with Gasteiger partial charge in [0, 0.05) is 0 Å². The van der Waals surface area contributed by atoms with Crippen molar-refractivity contribution in [1.29, 1.82) is 0 Å². The van der Waals surface area contributed by atoms with Crippen LogP contribution in [-0.4, -0.2) is 26.2 Å². The average molecular weight is 297 g/mol. The van der Waals surface area contributed by atoms with Crippen molar-refractivity contribution < 1.29 is 14.1 Å². The van der Waals surface area contributed by atoms with Crippen LogP contribution in [0.2, 0.25) is 0 Å². The van der Waals surface area contributed by atoms with Crippen molar-refractivity contribution in [3.05, 3.63) is 35.7 Å². The van der Waals surface area contributed by atoms with Gasteiger partial charge in [-0.05, 0) is 45.8 Å². The number of hydrogen-bond acceptors (Lipinski definition) is 4. The first-order chi connectivity index (χ1) is 9.32. The third-order valence-electron chi connectivity index (χ3n) is 2.71. The molecular formula is C15H23NO3S. The highest BCUT2D eigenvalue weighted by Gasteiger charge is 2.37. The summed E-state index contributed by atoms with van der Waals surface area (Å²) in [5.41, 5.74) is 1.19. The van der Waals surface area contributed by atoms with Crippen LogP contribution in [0, 0.1) is 0 Å². The molecule has 4 nitrogen and oxygen atoms in total. The molecule has 0 bridgehead atoms. The zero-order valence-corrected chi connectivity index (χ0v) is 13.6. The molecule has 1 unspecified atom stereocenters. The average Bonchev–Trinajstić information content (AvgIpc) is 2.58. The molecule has 0 saturated heterocycles. The second kappa shape index (κ2) is 6.99. The van der Waals surface area contributed by atoms with Crippen LogP contribution >= 0.6 is 0 Å². The van der Waals surface area contributed by atoms with E-state index in [1.165, 1.54) is 4.31 Å². The molecule has 0 radical (unpaired) electrons. The first kappa shape index (κ1) is 16.9. The lowest BCUT2D eigenvalue weighted by Gasteiger charge is -2.32. The molecular weight excluding hydrogens is 274 g/mol. The maximum absolute atomic E-state index is 12.7. The molecule has 1 aliphatic heterocycles. The molecule has 112 valence electrons. The van der Waals surface area contributed by atoms with Gasteiger partial charge in [-0.15, -0.1) is 0 Å². The van der Waals surface area contributed by atoms with Crippen LogP contribution in [0.1, 0.15) is 41.0 Å². The van der Waals surface area contributed by atoms with Crippen molar-refractivity contribution in [3.8, 4) is 0 Å². The Kier molecular flexibility index (Phi) is 5.89. The summed E-state index contributed by atoms with van der Waals surface area (Å²) in [4.78, 5) is 12.2. The normalized spacial score (nSPS) is 17.2. The summed E-state index contributed by atoms with van der Waals surface area (Å²) in [6, 6.07) is 0. The lowest BCUT2D eigenvalue weighted by molar-refractivity contribution is -0.139. The lowest BCUT2D eigenvalue weighted by Crippen LogP contribution is -2.41. The molecule has 20 heavy (non-hydrogen) atoms. The third kappa shape index (κ3) is 3.90. The molecule has 0 saturated carbocycles. The molecule has 0 spiro atoms. The van der Waals surface area contributed by atoms with Crippen LogP contribution in [0.5, 0.6) is 0 Å². The Hall–Kier alpha value is -1.20. The summed E-state index contributed by atoms with van der Waals surface area (Å²) in [6.07, 6.45) is 7.84. The van der Waals surface area contributed by atoms with Crippen molar-refractivity contribution in [2.24, 2.45) is 0 Å². The standard InChI is InChI=1S/C15H23NO3S/c1-6-12-10-8-9-11-16(20(18)15(3,4)5)13(12)14(17)19-7-2/h8-11H,6-7H2,1-5H3. The Labute approximate surface area is 124 Å². The van der Waals surface area contributed by atoms with Gasteiger partial charge in [0.05, 0.1) is 24.2 Å².